The van der Waals surface area contributed by atoms with E-state index in [1.807, 2.05) is 32.9 Å². The van der Waals surface area contributed by atoms with E-state index >= 15 is 0 Å². The molecule has 0 aliphatic heterocycles. The Morgan fingerprint density at radius 2 is 1.97 bits per heavy atom. The standard InChI is InChI=1S/C27H26FN7O3/c1-27(2,3)22(25-32-33-26(38-25)31-23(36)16-10-11-16)30-24(37)21-18-6-4-5-7-20(18)35(34-21)14-17-9-8-15(13-29)12-19(17)28/h4-9,12,16,22H,10-11,14H2,1-3H3,(H,30,37)(H,31,33,36). The maximum absolute atomic E-state index is 14.6. The Morgan fingerprint density at radius 1 is 1.21 bits per heavy atom. The number of hydrogen-bond acceptors (Lipinski definition) is 7. The van der Waals surface area contributed by atoms with Crippen LogP contribution in [-0.2, 0) is 11.3 Å². The fraction of sp³-hybridized carbons (Fsp3) is 0.333. The minimum atomic E-state index is -0.686. The van der Waals surface area contributed by atoms with Crippen LogP contribution in [0.4, 0.5) is 10.4 Å². The highest BCUT2D eigenvalue weighted by atomic mass is 19.1. The van der Waals surface area contributed by atoms with E-state index in [1.54, 1.807) is 22.9 Å². The number of nitrogens with one attached hydrogen (secondary N) is 2. The van der Waals surface area contributed by atoms with Crippen LogP contribution < -0.4 is 10.6 Å². The van der Waals surface area contributed by atoms with Crippen LogP contribution in [0.15, 0.2) is 46.9 Å². The van der Waals surface area contributed by atoms with Crippen molar-refractivity contribution in [2.75, 3.05) is 5.32 Å². The maximum atomic E-state index is 14.6. The summed E-state index contributed by atoms with van der Waals surface area (Å²) in [6.45, 7) is 5.81. The Kier molecular flexibility index (Phi) is 6.40. The topological polar surface area (TPSA) is 139 Å². The van der Waals surface area contributed by atoms with E-state index in [1.165, 1.54) is 18.2 Å². The lowest BCUT2D eigenvalue weighted by Gasteiger charge is -2.28. The number of carbonyl (C=O) groups excluding carboxylic acids is 2. The molecule has 1 aliphatic rings. The summed E-state index contributed by atoms with van der Waals surface area (Å²) in [7, 11) is 0. The van der Waals surface area contributed by atoms with Gasteiger partial charge in [0.25, 0.3) is 5.91 Å². The van der Waals surface area contributed by atoms with Crippen LogP contribution in [-0.4, -0.2) is 31.8 Å². The number of aromatic nitrogens is 4. The maximum Gasteiger partial charge on any atom is 0.322 e. The zero-order chi connectivity index (χ0) is 27.0. The van der Waals surface area contributed by atoms with Crippen molar-refractivity contribution in [3.63, 3.8) is 0 Å². The Balaban J connectivity index is 1.42. The second-order valence-corrected chi connectivity index (χ2v) is 10.4. The molecule has 1 aliphatic carbocycles. The minimum absolute atomic E-state index is 0.0143. The molecule has 11 heteroatoms. The molecule has 1 saturated carbocycles. The molecule has 1 unspecified atom stereocenters. The molecular formula is C27H26FN7O3. The SMILES string of the molecule is CC(C)(C)C(NC(=O)c1nn(Cc2ccc(C#N)cc2F)c2ccccc12)c1nnc(NC(=O)C2CC2)o1. The predicted octanol–water partition coefficient (Wildman–Crippen LogP) is 4.34. The number of nitriles is 1. The van der Waals surface area contributed by atoms with E-state index < -0.39 is 23.2 Å². The number of nitrogens with zero attached hydrogens (tertiary/aromatic N) is 5. The van der Waals surface area contributed by atoms with Crippen molar-refractivity contribution in [3.8, 4) is 6.07 Å². The summed E-state index contributed by atoms with van der Waals surface area (Å²) in [5.41, 5.74) is 0.844. The van der Waals surface area contributed by atoms with Gasteiger partial charge in [-0.1, -0.05) is 50.1 Å². The Labute approximate surface area is 217 Å². The van der Waals surface area contributed by atoms with Crippen LogP contribution in [0.5, 0.6) is 0 Å². The highest BCUT2D eigenvalue weighted by Crippen LogP contribution is 2.34. The van der Waals surface area contributed by atoms with Crippen LogP contribution in [0.2, 0.25) is 0 Å². The highest BCUT2D eigenvalue weighted by Gasteiger charge is 2.35. The largest absolute Gasteiger partial charge is 0.406 e. The van der Waals surface area contributed by atoms with E-state index in [9.17, 15) is 14.0 Å². The van der Waals surface area contributed by atoms with Gasteiger partial charge >= 0.3 is 6.01 Å². The van der Waals surface area contributed by atoms with Crippen molar-refractivity contribution in [1.29, 1.82) is 5.26 Å². The third-order valence-corrected chi connectivity index (χ3v) is 6.38. The molecule has 0 radical (unpaired) electrons. The monoisotopic (exact) mass is 515 g/mol. The van der Waals surface area contributed by atoms with Crippen LogP contribution in [0.25, 0.3) is 10.9 Å². The zero-order valence-corrected chi connectivity index (χ0v) is 21.2. The van der Waals surface area contributed by atoms with Gasteiger partial charge in [0.2, 0.25) is 11.8 Å². The van der Waals surface area contributed by atoms with Gasteiger partial charge in [-0.25, -0.2) is 4.39 Å². The summed E-state index contributed by atoms with van der Waals surface area (Å²) in [5, 5.41) is 27.7. The molecule has 2 heterocycles. The fourth-order valence-electron chi connectivity index (χ4n) is 4.12. The van der Waals surface area contributed by atoms with E-state index in [-0.39, 0.29) is 41.5 Å². The average Bonchev–Trinajstić information content (AvgIpc) is 3.54. The first-order chi connectivity index (χ1) is 18.1. The first-order valence-corrected chi connectivity index (χ1v) is 12.2. The number of rotatable bonds is 7. The quantitative estimate of drug-likeness (QED) is 0.373. The molecule has 2 amide bonds. The molecule has 38 heavy (non-hydrogen) atoms. The molecule has 2 aromatic heterocycles. The first-order valence-electron chi connectivity index (χ1n) is 12.2. The lowest BCUT2D eigenvalue weighted by molar-refractivity contribution is -0.117. The van der Waals surface area contributed by atoms with Gasteiger partial charge in [0.1, 0.15) is 11.9 Å². The van der Waals surface area contributed by atoms with Crippen molar-refractivity contribution < 1.29 is 18.4 Å². The lowest BCUT2D eigenvalue weighted by atomic mass is 9.86. The van der Waals surface area contributed by atoms with Gasteiger partial charge in [-0.15, -0.1) is 5.10 Å². The van der Waals surface area contributed by atoms with Crippen molar-refractivity contribution in [3.05, 3.63) is 71.0 Å². The molecule has 0 saturated heterocycles. The second kappa shape index (κ2) is 9.70. The van der Waals surface area contributed by atoms with E-state index in [0.717, 1.165) is 12.8 Å². The van der Waals surface area contributed by atoms with Crippen LogP contribution >= 0.6 is 0 Å². The summed E-state index contributed by atoms with van der Waals surface area (Å²) in [6.07, 6.45) is 1.68. The number of carbonyl (C=O) groups is 2. The number of amides is 2. The molecule has 1 atom stereocenters. The van der Waals surface area contributed by atoms with E-state index in [2.05, 4.69) is 25.9 Å². The summed E-state index contributed by atoms with van der Waals surface area (Å²) < 4.78 is 21.8. The summed E-state index contributed by atoms with van der Waals surface area (Å²) >= 11 is 0. The Morgan fingerprint density at radius 3 is 2.66 bits per heavy atom. The normalized spacial score (nSPS) is 14.2. The number of benzene rings is 2. The van der Waals surface area contributed by atoms with Gasteiger partial charge in [-0.2, -0.15) is 10.4 Å². The van der Waals surface area contributed by atoms with Gasteiger partial charge in [0, 0.05) is 16.9 Å². The first kappa shape index (κ1) is 25.1. The molecule has 0 bridgehead atoms. The summed E-state index contributed by atoms with van der Waals surface area (Å²) in [4.78, 5) is 25.6. The third-order valence-electron chi connectivity index (χ3n) is 6.38. The van der Waals surface area contributed by atoms with Gasteiger partial charge in [-0.3, -0.25) is 19.6 Å². The van der Waals surface area contributed by atoms with Crippen LogP contribution in [0, 0.1) is 28.5 Å². The minimum Gasteiger partial charge on any atom is -0.406 e. The predicted molar refractivity (Wildman–Crippen MR) is 135 cm³/mol. The fourth-order valence-corrected chi connectivity index (χ4v) is 4.12. The van der Waals surface area contributed by atoms with Gasteiger partial charge in [0.15, 0.2) is 5.69 Å². The average molecular weight is 516 g/mol. The Bertz CT molecular complexity index is 1570. The van der Waals surface area contributed by atoms with E-state index in [0.29, 0.717) is 16.5 Å². The zero-order valence-electron chi connectivity index (χ0n) is 21.2. The van der Waals surface area contributed by atoms with Gasteiger partial charge in [0.05, 0.1) is 23.7 Å². The number of hydrogen-bond donors (Lipinski definition) is 2. The highest BCUT2D eigenvalue weighted by molar-refractivity contribution is 6.05. The summed E-state index contributed by atoms with van der Waals surface area (Å²) in [6, 6.07) is 12.6. The molecule has 5 rings (SSSR count). The van der Waals surface area contributed by atoms with Gasteiger partial charge in [-0.05, 0) is 36.5 Å². The number of para-hydroxylation sites is 1. The van der Waals surface area contributed by atoms with Crippen molar-refractivity contribution >= 4 is 28.7 Å². The van der Waals surface area contributed by atoms with E-state index in [4.69, 9.17) is 9.68 Å². The van der Waals surface area contributed by atoms with Crippen LogP contribution in [0.3, 0.4) is 0 Å². The summed E-state index contributed by atoms with van der Waals surface area (Å²) in [5.74, 6) is -1.03. The van der Waals surface area contributed by atoms with Crippen molar-refractivity contribution in [1.82, 2.24) is 25.3 Å². The number of halogens is 1. The smallest absolute Gasteiger partial charge is 0.322 e. The molecule has 10 nitrogen and oxygen atoms in total. The molecular weight excluding hydrogens is 489 g/mol. The Hall–Kier alpha value is -4.59. The molecule has 1 fully saturated rings. The number of fused-ring (bicyclic) bond motifs is 1. The number of anilines is 1. The molecule has 2 aromatic carbocycles. The second-order valence-electron chi connectivity index (χ2n) is 10.4. The molecule has 2 N–H and O–H groups in total. The van der Waals surface area contributed by atoms with Crippen molar-refractivity contribution in [2.24, 2.45) is 11.3 Å². The lowest BCUT2D eigenvalue weighted by Crippen LogP contribution is -2.37. The van der Waals surface area contributed by atoms with Crippen molar-refractivity contribution in [2.45, 2.75) is 46.2 Å². The van der Waals surface area contributed by atoms with Gasteiger partial charge < -0.3 is 9.73 Å². The molecule has 0 spiro atoms. The van der Waals surface area contributed by atoms with Crippen LogP contribution in [0.1, 0.15) is 67.2 Å². The molecule has 4 aromatic rings. The molecule has 194 valence electrons. The third kappa shape index (κ3) is 5.11.